The first-order valence-corrected chi connectivity index (χ1v) is 6.42. The van der Waals surface area contributed by atoms with Gasteiger partial charge in [0.2, 0.25) is 0 Å². The fraction of sp³-hybridized carbons (Fsp3) is 0.200. The lowest BCUT2D eigenvalue weighted by atomic mass is 10.2. The molecule has 0 unspecified atom stereocenters. The van der Waals surface area contributed by atoms with Gasteiger partial charge >= 0.3 is 0 Å². The van der Waals surface area contributed by atoms with E-state index in [9.17, 15) is 4.39 Å². The van der Waals surface area contributed by atoms with Crippen LogP contribution in [0.1, 0.15) is 5.56 Å². The van der Waals surface area contributed by atoms with Crippen LogP contribution >= 0.6 is 11.6 Å². The van der Waals surface area contributed by atoms with E-state index in [1.54, 1.807) is 12.1 Å². The number of hydrogen-bond donors (Lipinski definition) is 1. The largest absolute Gasteiger partial charge is 0.489 e. The van der Waals surface area contributed by atoms with E-state index in [-0.39, 0.29) is 11.6 Å². The zero-order valence-electron chi connectivity index (χ0n) is 10.6. The number of nitrogens with one attached hydrogen (secondary N) is 1. The molecule has 0 bridgehead atoms. The normalized spacial score (nSPS) is 10.3. The van der Waals surface area contributed by atoms with Crippen molar-refractivity contribution in [3.05, 3.63) is 58.9 Å². The highest BCUT2D eigenvalue weighted by Crippen LogP contribution is 2.20. The molecule has 0 amide bonds. The number of hydrogen-bond acceptors (Lipinski definition) is 2. The number of ether oxygens (including phenoxy) is 1. The van der Waals surface area contributed by atoms with Gasteiger partial charge in [0.25, 0.3) is 0 Å². The molecule has 4 heteroatoms. The van der Waals surface area contributed by atoms with Crippen LogP contribution < -0.4 is 10.1 Å². The minimum Gasteiger partial charge on any atom is -0.489 e. The average Bonchev–Trinajstić information content (AvgIpc) is 2.40. The Morgan fingerprint density at radius 2 is 2.00 bits per heavy atom. The van der Waals surface area contributed by atoms with Crippen LogP contribution in [0.15, 0.2) is 42.5 Å². The van der Waals surface area contributed by atoms with E-state index in [1.165, 1.54) is 6.07 Å². The molecule has 0 atom stereocenters. The molecule has 0 saturated carbocycles. The van der Waals surface area contributed by atoms with Crippen molar-refractivity contribution in [1.82, 2.24) is 0 Å². The molecule has 2 nitrogen and oxygen atoms in total. The number of rotatable bonds is 5. The summed E-state index contributed by atoms with van der Waals surface area (Å²) in [5.41, 5.74) is 1.81. The molecule has 0 aromatic heterocycles. The van der Waals surface area contributed by atoms with E-state index >= 15 is 0 Å². The lowest BCUT2D eigenvalue weighted by Gasteiger charge is -2.10. The zero-order valence-corrected chi connectivity index (χ0v) is 11.4. The van der Waals surface area contributed by atoms with E-state index in [1.807, 2.05) is 31.2 Å². The molecule has 0 spiro atoms. The Morgan fingerprint density at radius 1 is 1.21 bits per heavy atom. The van der Waals surface area contributed by atoms with Gasteiger partial charge in [-0.2, -0.15) is 0 Å². The Balaban J connectivity index is 1.84. The Morgan fingerprint density at radius 3 is 2.79 bits per heavy atom. The van der Waals surface area contributed by atoms with Gasteiger partial charge in [-0.25, -0.2) is 4.39 Å². The van der Waals surface area contributed by atoms with E-state index < -0.39 is 0 Å². The number of benzene rings is 2. The third kappa shape index (κ3) is 3.86. The highest BCUT2D eigenvalue weighted by molar-refractivity contribution is 6.33. The summed E-state index contributed by atoms with van der Waals surface area (Å²) in [5, 5.41) is 3.79. The summed E-state index contributed by atoms with van der Waals surface area (Å²) in [7, 11) is 0. The molecule has 1 N–H and O–H groups in total. The molecule has 0 heterocycles. The van der Waals surface area contributed by atoms with Gasteiger partial charge in [0, 0.05) is 6.54 Å². The van der Waals surface area contributed by atoms with Crippen LogP contribution in [0.5, 0.6) is 5.75 Å². The van der Waals surface area contributed by atoms with Gasteiger partial charge in [-0.15, -0.1) is 0 Å². The van der Waals surface area contributed by atoms with E-state index in [4.69, 9.17) is 16.3 Å². The molecule has 0 saturated heterocycles. The van der Waals surface area contributed by atoms with Crippen molar-refractivity contribution in [3.8, 4) is 5.75 Å². The third-order valence-electron chi connectivity index (χ3n) is 2.64. The summed E-state index contributed by atoms with van der Waals surface area (Å²) in [6.07, 6.45) is 0. The maximum Gasteiger partial charge on any atom is 0.165 e. The van der Waals surface area contributed by atoms with Crippen LogP contribution in [-0.2, 0) is 0 Å². The molecule has 0 aliphatic heterocycles. The van der Waals surface area contributed by atoms with E-state index in [0.717, 1.165) is 11.3 Å². The standard InChI is InChI=1S/C15H15ClFNO/c1-11-6-7-13(17)15(10-11)19-9-8-18-14-5-3-2-4-12(14)16/h2-7,10,18H,8-9H2,1H3. The predicted octanol–water partition coefficient (Wildman–Crippen LogP) is 4.28. The third-order valence-corrected chi connectivity index (χ3v) is 2.97. The van der Waals surface area contributed by atoms with Crippen molar-refractivity contribution in [2.45, 2.75) is 6.92 Å². The monoisotopic (exact) mass is 279 g/mol. The molecule has 0 radical (unpaired) electrons. The van der Waals surface area contributed by atoms with Crippen molar-refractivity contribution >= 4 is 17.3 Å². The first-order valence-electron chi connectivity index (χ1n) is 6.04. The van der Waals surface area contributed by atoms with E-state index in [0.29, 0.717) is 18.2 Å². The average molecular weight is 280 g/mol. The first-order chi connectivity index (χ1) is 9.16. The second-order valence-corrected chi connectivity index (χ2v) is 4.60. The fourth-order valence-corrected chi connectivity index (χ4v) is 1.87. The molecule has 2 aromatic rings. The fourth-order valence-electron chi connectivity index (χ4n) is 1.67. The minimum atomic E-state index is -0.344. The Hall–Kier alpha value is -1.74. The maximum atomic E-state index is 13.4. The Bertz CT molecular complexity index is 560. The van der Waals surface area contributed by atoms with Crippen molar-refractivity contribution in [1.29, 1.82) is 0 Å². The summed E-state index contributed by atoms with van der Waals surface area (Å²) in [4.78, 5) is 0. The maximum absolute atomic E-state index is 13.4. The summed E-state index contributed by atoms with van der Waals surface area (Å²) < 4.78 is 18.8. The van der Waals surface area contributed by atoms with Crippen molar-refractivity contribution in [3.63, 3.8) is 0 Å². The Labute approximate surface area is 117 Å². The minimum absolute atomic E-state index is 0.279. The van der Waals surface area contributed by atoms with Crippen molar-refractivity contribution in [2.24, 2.45) is 0 Å². The van der Waals surface area contributed by atoms with Crippen LogP contribution in [0.4, 0.5) is 10.1 Å². The molecule has 19 heavy (non-hydrogen) atoms. The number of halogens is 2. The van der Waals surface area contributed by atoms with Crippen LogP contribution in [0.2, 0.25) is 5.02 Å². The molecular weight excluding hydrogens is 265 g/mol. The SMILES string of the molecule is Cc1ccc(F)c(OCCNc2ccccc2Cl)c1. The molecule has 100 valence electrons. The molecule has 0 aliphatic carbocycles. The topological polar surface area (TPSA) is 21.3 Å². The second kappa shape index (κ2) is 6.43. The van der Waals surface area contributed by atoms with Crippen LogP contribution in [0.25, 0.3) is 0 Å². The zero-order chi connectivity index (χ0) is 13.7. The summed E-state index contributed by atoms with van der Waals surface area (Å²) in [6, 6.07) is 12.3. The van der Waals surface area contributed by atoms with Crippen molar-refractivity contribution < 1.29 is 9.13 Å². The van der Waals surface area contributed by atoms with Gasteiger partial charge < -0.3 is 10.1 Å². The molecule has 2 rings (SSSR count). The van der Waals surface area contributed by atoms with Crippen LogP contribution in [-0.4, -0.2) is 13.2 Å². The van der Waals surface area contributed by atoms with Crippen molar-refractivity contribution in [2.75, 3.05) is 18.5 Å². The summed E-state index contributed by atoms with van der Waals surface area (Å²) in [6.45, 7) is 2.82. The molecule has 0 fully saturated rings. The highest BCUT2D eigenvalue weighted by atomic mass is 35.5. The van der Waals surface area contributed by atoms with Gasteiger partial charge in [-0.1, -0.05) is 29.8 Å². The molecule has 0 aliphatic rings. The quantitative estimate of drug-likeness (QED) is 0.825. The van der Waals surface area contributed by atoms with Gasteiger partial charge in [0.05, 0.1) is 10.7 Å². The summed E-state index contributed by atoms with van der Waals surface area (Å²) in [5.74, 6) is -0.0655. The van der Waals surface area contributed by atoms with Gasteiger partial charge in [0.15, 0.2) is 11.6 Å². The second-order valence-electron chi connectivity index (χ2n) is 4.19. The smallest absolute Gasteiger partial charge is 0.165 e. The predicted molar refractivity (Wildman–Crippen MR) is 76.6 cm³/mol. The lowest BCUT2D eigenvalue weighted by molar-refractivity contribution is 0.315. The van der Waals surface area contributed by atoms with E-state index in [2.05, 4.69) is 5.32 Å². The first kappa shape index (κ1) is 13.7. The van der Waals surface area contributed by atoms with Gasteiger partial charge in [0.1, 0.15) is 6.61 Å². The number of anilines is 1. The number of aryl methyl sites for hydroxylation is 1. The lowest BCUT2D eigenvalue weighted by Crippen LogP contribution is -2.12. The highest BCUT2D eigenvalue weighted by Gasteiger charge is 2.03. The summed E-state index contributed by atoms with van der Waals surface area (Å²) >= 11 is 6.00. The molecular formula is C15H15ClFNO. The van der Waals surface area contributed by atoms with Crippen LogP contribution in [0.3, 0.4) is 0 Å². The number of para-hydroxylation sites is 1. The van der Waals surface area contributed by atoms with Gasteiger partial charge in [-0.3, -0.25) is 0 Å². The molecule has 2 aromatic carbocycles. The Kier molecular flexibility index (Phi) is 4.63. The van der Waals surface area contributed by atoms with Gasteiger partial charge in [-0.05, 0) is 36.8 Å². The van der Waals surface area contributed by atoms with Crippen LogP contribution in [0, 0.1) is 12.7 Å².